The van der Waals surface area contributed by atoms with Crippen LogP contribution in [0.1, 0.15) is 64.1 Å². The molecule has 1 atom stereocenters. The molecule has 0 aliphatic heterocycles. The molecule has 1 unspecified atom stereocenters. The Kier molecular flexibility index (Phi) is 7.20. The number of hydrazine groups is 1. The first kappa shape index (κ1) is 17.2. The van der Waals surface area contributed by atoms with Gasteiger partial charge in [0, 0.05) is 6.61 Å². The van der Waals surface area contributed by atoms with Gasteiger partial charge in [-0.2, -0.15) is 0 Å². The first-order valence-electron chi connectivity index (χ1n) is 7.86. The van der Waals surface area contributed by atoms with Gasteiger partial charge in [-0.25, -0.2) is 0 Å². The number of benzene rings is 1. The van der Waals surface area contributed by atoms with Crippen molar-refractivity contribution in [3.05, 3.63) is 35.4 Å². The van der Waals surface area contributed by atoms with E-state index in [1.165, 1.54) is 11.1 Å². The lowest BCUT2D eigenvalue weighted by Crippen LogP contribution is -2.48. The number of rotatable bonds is 9. The molecule has 0 saturated carbocycles. The Morgan fingerprint density at radius 2 is 1.90 bits per heavy atom. The van der Waals surface area contributed by atoms with Crippen molar-refractivity contribution in [3.63, 3.8) is 0 Å². The zero-order valence-electron chi connectivity index (χ0n) is 13.4. The normalized spacial score (nSPS) is 13.4. The van der Waals surface area contributed by atoms with Crippen molar-refractivity contribution in [2.24, 2.45) is 5.84 Å². The van der Waals surface area contributed by atoms with E-state index in [0.717, 1.165) is 25.7 Å². The largest absolute Gasteiger partial charge is 0.373 e. The molecule has 3 nitrogen and oxygen atoms in total. The first-order chi connectivity index (χ1) is 9.67. The molecule has 1 rings (SSSR count). The van der Waals surface area contributed by atoms with Crippen molar-refractivity contribution in [2.75, 3.05) is 6.61 Å². The van der Waals surface area contributed by atoms with Crippen molar-refractivity contribution in [2.45, 2.75) is 65.0 Å². The Bertz CT molecular complexity index is 388. The van der Waals surface area contributed by atoms with Gasteiger partial charge in [-0.1, -0.05) is 51.5 Å². The topological polar surface area (TPSA) is 47.3 Å². The summed E-state index contributed by atoms with van der Waals surface area (Å²) < 4.78 is 6.09. The summed E-state index contributed by atoms with van der Waals surface area (Å²) in [6.45, 7) is 9.28. The molecule has 3 heteroatoms. The fourth-order valence-electron chi connectivity index (χ4n) is 3.00. The van der Waals surface area contributed by atoms with E-state index in [2.05, 4.69) is 50.5 Å². The van der Waals surface area contributed by atoms with Gasteiger partial charge in [-0.3, -0.25) is 11.3 Å². The van der Waals surface area contributed by atoms with Crippen LogP contribution in [-0.2, 0) is 11.2 Å². The van der Waals surface area contributed by atoms with Gasteiger partial charge in [0.25, 0.3) is 0 Å². The maximum absolute atomic E-state index is 6.09. The van der Waals surface area contributed by atoms with Crippen LogP contribution in [-0.4, -0.2) is 12.2 Å². The number of nitrogens with two attached hydrogens (primary N) is 1. The van der Waals surface area contributed by atoms with E-state index in [9.17, 15) is 0 Å². The predicted octanol–water partition coefficient (Wildman–Crippen LogP) is 3.74. The number of ether oxygens (including phenoxy) is 1. The molecule has 0 radical (unpaired) electrons. The maximum Gasteiger partial charge on any atom is 0.0883 e. The quantitative estimate of drug-likeness (QED) is 0.534. The number of hydrogen-bond donors (Lipinski definition) is 2. The second-order valence-corrected chi connectivity index (χ2v) is 5.30. The smallest absolute Gasteiger partial charge is 0.0883 e. The summed E-state index contributed by atoms with van der Waals surface area (Å²) >= 11 is 0. The van der Waals surface area contributed by atoms with E-state index in [1.807, 2.05) is 6.92 Å². The van der Waals surface area contributed by atoms with E-state index < -0.39 is 0 Å². The highest BCUT2D eigenvalue weighted by molar-refractivity contribution is 5.28. The summed E-state index contributed by atoms with van der Waals surface area (Å²) in [7, 11) is 0. The van der Waals surface area contributed by atoms with Gasteiger partial charge in [0.05, 0.1) is 11.6 Å². The highest BCUT2D eigenvalue weighted by Crippen LogP contribution is 2.35. The molecule has 0 aromatic heterocycles. The molecule has 114 valence electrons. The average Bonchev–Trinajstić information content (AvgIpc) is 2.48. The lowest BCUT2D eigenvalue weighted by molar-refractivity contribution is -0.0734. The molecule has 3 N–H and O–H groups in total. The second kappa shape index (κ2) is 8.40. The van der Waals surface area contributed by atoms with E-state index in [1.54, 1.807) is 0 Å². The molecule has 0 aliphatic rings. The SMILES string of the molecule is CCCc1cccc(C(NN)C(CC)(CC)OCC)c1. The fourth-order valence-corrected chi connectivity index (χ4v) is 3.00. The Hall–Kier alpha value is -0.900. The van der Waals surface area contributed by atoms with Crippen LogP contribution in [0.15, 0.2) is 24.3 Å². The van der Waals surface area contributed by atoms with Crippen LogP contribution < -0.4 is 11.3 Å². The zero-order valence-corrected chi connectivity index (χ0v) is 13.4. The highest BCUT2D eigenvalue weighted by atomic mass is 16.5. The van der Waals surface area contributed by atoms with Gasteiger partial charge in [0.2, 0.25) is 0 Å². The minimum absolute atomic E-state index is 0.0225. The second-order valence-electron chi connectivity index (χ2n) is 5.30. The van der Waals surface area contributed by atoms with Gasteiger partial charge in [0.1, 0.15) is 0 Å². The minimum Gasteiger partial charge on any atom is -0.373 e. The van der Waals surface area contributed by atoms with Gasteiger partial charge in [-0.15, -0.1) is 0 Å². The van der Waals surface area contributed by atoms with Crippen molar-refractivity contribution in [3.8, 4) is 0 Å². The molecule has 0 aliphatic carbocycles. The van der Waals surface area contributed by atoms with Gasteiger partial charge in [-0.05, 0) is 37.3 Å². The van der Waals surface area contributed by atoms with E-state index >= 15 is 0 Å². The van der Waals surface area contributed by atoms with Crippen LogP contribution in [0.4, 0.5) is 0 Å². The van der Waals surface area contributed by atoms with Gasteiger partial charge < -0.3 is 4.74 Å². The van der Waals surface area contributed by atoms with Crippen LogP contribution in [0.5, 0.6) is 0 Å². The predicted molar refractivity (Wildman–Crippen MR) is 85.4 cm³/mol. The van der Waals surface area contributed by atoms with Crippen LogP contribution in [0.25, 0.3) is 0 Å². The van der Waals surface area contributed by atoms with Crippen LogP contribution in [0, 0.1) is 0 Å². The first-order valence-corrected chi connectivity index (χ1v) is 7.86. The summed E-state index contributed by atoms with van der Waals surface area (Å²) in [5.74, 6) is 5.87. The van der Waals surface area contributed by atoms with Crippen LogP contribution in [0.2, 0.25) is 0 Å². The van der Waals surface area contributed by atoms with Crippen molar-refractivity contribution in [1.29, 1.82) is 0 Å². The summed E-state index contributed by atoms with van der Waals surface area (Å²) in [6.07, 6.45) is 4.13. The molecule has 0 fully saturated rings. The Balaban J connectivity index is 3.12. The molecule has 1 aromatic carbocycles. The van der Waals surface area contributed by atoms with Crippen molar-refractivity contribution >= 4 is 0 Å². The molecular formula is C17H30N2O. The lowest BCUT2D eigenvalue weighted by Gasteiger charge is -2.39. The highest BCUT2D eigenvalue weighted by Gasteiger charge is 2.37. The number of aryl methyl sites for hydroxylation is 1. The summed E-state index contributed by atoms with van der Waals surface area (Å²) in [4.78, 5) is 0. The zero-order chi connectivity index (χ0) is 15.0. The number of nitrogens with one attached hydrogen (secondary N) is 1. The Labute approximate surface area is 123 Å². The third-order valence-corrected chi connectivity index (χ3v) is 4.14. The van der Waals surface area contributed by atoms with Crippen molar-refractivity contribution in [1.82, 2.24) is 5.43 Å². The number of hydrogen-bond acceptors (Lipinski definition) is 3. The van der Waals surface area contributed by atoms with E-state index in [4.69, 9.17) is 10.6 Å². The molecule has 0 saturated heterocycles. The third-order valence-electron chi connectivity index (χ3n) is 4.14. The third kappa shape index (κ3) is 3.81. The molecule has 1 aromatic rings. The van der Waals surface area contributed by atoms with E-state index in [-0.39, 0.29) is 11.6 Å². The molecular weight excluding hydrogens is 248 g/mol. The van der Waals surface area contributed by atoms with E-state index in [0.29, 0.717) is 6.61 Å². The summed E-state index contributed by atoms with van der Waals surface area (Å²) in [5, 5.41) is 0. The average molecular weight is 278 g/mol. The van der Waals surface area contributed by atoms with Crippen molar-refractivity contribution < 1.29 is 4.74 Å². The molecule has 0 amide bonds. The fraction of sp³-hybridized carbons (Fsp3) is 0.647. The molecule has 0 bridgehead atoms. The molecule has 0 spiro atoms. The summed E-state index contributed by atoms with van der Waals surface area (Å²) in [5.41, 5.74) is 5.33. The van der Waals surface area contributed by atoms with Gasteiger partial charge >= 0.3 is 0 Å². The summed E-state index contributed by atoms with van der Waals surface area (Å²) in [6, 6.07) is 8.72. The van der Waals surface area contributed by atoms with Gasteiger partial charge in [0.15, 0.2) is 0 Å². The van der Waals surface area contributed by atoms with Crippen LogP contribution in [0.3, 0.4) is 0 Å². The lowest BCUT2D eigenvalue weighted by atomic mass is 9.83. The standard InChI is InChI=1S/C17H30N2O/c1-5-10-14-11-9-12-15(13-14)16(19-18)17(6-2,7-3)20-8-4/h9,11-13,16,19H,5-8,10,18H2,1-4H3. The Morgan fingerprint density at radius 3 is 2.40 bits per heavy atom. The maximum atomic E-state index is 6.09. The Morgan fingerprint density at radius 1 is 1.20 bits per heavy atom. The van der Waals surface area contributed by atoms with Crippen LogP contribution >= 0.6 is 0 Å². The minimum atomic E-state index is -0.242. The molecule has 0 heterocycles. The molecule has 20 heavy (non-hydrogen) atoms. The monoisotopic (exact) mass is 278 g/mol.